The summed E-state index contributed by atoms with van der Waals surface area (Å²) in [4.78, 5) is 23.1. The molecule has 7 nitrogen and oxygen atoms in total. The zero-order valence-corrected chi connectivity index (χ0v) is 21.4. The highest BCUT2D eigenvalue weighted by molar-refractivity contribution is 6.04. The molecule has 39 heavy (non-hydrogen) atoms. The molecule has 0 radical (unpaired) electrons. The molecule has 2 N–H and O–H groups in total. The van der Waals surface area contributed by atoms with Gasteiger partial charge in [0.1, 0.15) is 17.2 Å². The van der Waals surface area contributed by atoms with E-state index in [1.54, 1.807) is 6.07 Å². The largest absolute Gasteiger partial charge is 0.433 e. The number of rotatable bonds is 4. The minimum atomic E-state index is -4.64. The molecule has 0 saturated carbocycles. The van der Waals surface area contributed by atoms with E-state index in [4.69, 9.17) is 9.72 Å². The topological polar surface area (TPSA) is 79.4 Å². The molecular formula is C29H28F3N5O2. The molecule has 1 atom stereocenters. The number of carbonyl (C=O) groups excluding carboxylic acids is 1. The number of amides is 1. The number of anilines is 2. The van der Waals surface area contributed by atoms with Crippen molar-refractivity contribution in [2.75, 3.05) is 43.1 Å². The van der Waals surface area contributed by atoms with Gasteiger partial charge in [0.25, 0.3) is 5.91 Å². The van der Waals surface area contributed by atoms with Gasteiger partial charge in [-0.05, 0) is 85.3 Å². The predicted molar refractivity (Wildman–Crippen MR) is 143 cm³/mol. The Kier molecular flexibility index (Phi) is 7.82. The third kappa shape index (κ3) is 6.56. The Morgan fingerprint density at radius 1 is 1.15 bits per heavy atom. The maximum absolute atomic E-state index is 13.1. The number of hydrogen-bond donors (Lipinski definition) is 2. The van der Waals surface area contributed by atoms with Crippen molar-refractivity contribution in [2.24, 2.45) is 0 Å². The average molecular weight is 536 g/mol. The summed E-state index contributed by atoms with van der Waals surface area (Å²) in [5, 5.41) is 6.09. The number of hydrogen-bond acceptors (Lipinski definition) is 6. The first-order chi connectivity index (χ1) is 18.8. The van der Waals surface area contributed by atoms with Crippen LogP contribution in [-0.2, 0) is 10.9 Å². The smallest absolute Gasteiger partial charge is 0.378 e. The highest BCUT2D eigenvalue weighted by Crippen LogP contribution is 2.31. The fraction of sp³-hybridized carbons (Fsp3) is 0.345. The summed E-state index contributed by atoms with van der Waals surface area (Å²) in [7, 11) is 0. The Morgan fingerprint density at radius 2 is 1.97 bits per heavy atom. The van der Waals surface area contributed by atoms with Crippen LogP contribution >= 0.6 is 0 Å². The van der Waals surface area contributed by atoms with Gasteiger partial charge in [0.2, 0.25) is 0 Å². The summed E-state index contributed by atoms with van der Waals surface area (Å²) in [5.41, 5.74) is 2.56. The Hall–Kier alpha value is -3.94. The second-order valence-electron chi connectivity index (χ2n) is 9.53. The van der Waals surface area contributed by atoms with Gasteiger partial charge >= 0.3 is 6.18 Å². The first kappa shape index (κ1) is 26.7. The van der Waals surface area contributed by atoms with E-state index >= 15 is 0 Å². The van der Waals surface area contributed by atoms with Crippen LogP contribution < -0.4 is 15.5 Å². The minimum absolute atomic E-state index is 0.129. The first-order valence-electron chi connectivity index (χ1n) is 12.8. The summed E-state index contributed by atoms with van der Waals surface area (Å²) < 4.78 is 44.7. The number of pyridine rings is 2. The Balaban J connectivity index is 1.46. The number of nitrogens with zero attached hydrogens (tertiary/aromatic N) is 3. The quantitative estimate of drug-likeness (QED) is 0.473. The average Bonchev–Trinajstić information content (AvgIpc) is 3.47. The van der Waals surface area contributed by atoms with Gasteiger partial charge in [-0.2, -0.15) is 13.2 Å². The number of nitrogens with one attached hydrogen (secondary N) is 2. The first-order valence-corrected chi connectivity index (χ1v) is 12.8. The van der Waals surface area contributed by atoms with Gasteiger partial charge in [0.15, 0.2) is 0 Å². The molecule has 2 fully saturated rings. The highest BCUT2D eigenvalue weighted by atomic mass is 19.4. The van der Waals surface area contributed by atoms with Gasteiger partial charge in [-0.15, -0.1) is 0 Å². The van der Waals surface area contributed by atoms with Crippen LogP contribution in [0.2, 0.25) is 0 Å². The molecule has 0 bridgehead atoms. The summed E-state index contributed by atoms with van der Waals surface area (Å²) in [5.74, 6) is 6.66. The zero-order valence-electron chi connectivity index (χ0n) is 21.4. The van der Waals surface area contributed by atoms with Crippen LogP contribution in [0.25, 0.3) is 11.1 Å². The maximum Gasteiger partial charge on any atom is 0.433 e. The molecule has 10 heteroatoms. The van der Waals surface area contributed by atoms with Crippen molar-refractivity contribution in [1.82, 2.24) is 15.3 Å². The van der Waals surface area contributed by atoms with E-state index in [1.807, 2.05) is 31.2 Å². The molecule has 2 aliphatic rings. The van der Waals surface area contributed by atoms with Gasteiger partial charge < -0.3 is 20.3 Å². The SMILES string of the molecule is Cc1ccc(NC(=O)c2ccnc(C(F)(F)F)c2)cc1-c1cc(C#C[C@@H]2CCCN2)nc(N2CCOCC2)c1. The van der Waals surface area contributed by atoms with E-state index in [0.717, 1.165) is 54.2 Å². The van der Waals surface area contributed by atoms with Crippen molar-refractivity contribution in [3.63, 3.8) is 0 Å². The van der Waals surface area contributed by atoms with Crippen LogP contribution in [0.5, 0.6) is 0 Å². The standard InChI is InChI=1S/C29H28F3N5O2/c1-19-4-5-24(36-28(38)20-8-10-34-26(16-20)29(30,31)32)18-25(19)21-15-23(7-6-22-3-2-9-33-22)35-27(17-21)37-11-13-39-14-12-37/h4-5,8,10,15-18,22,33H,2-3,9,11-14H2,1H3,(H,36,38)/t22-/m0/s1. The molecule has 3 aromatic rings. The maximum atomic E-state index is 13.1. The molecule has 2 aromatic heterocycles. The van der Waals surface area contributed by atoms with E-state index in [0.29, 0.717) is 37.7 Å². The van der Waals surface area contributed by atoms with Crippen molar-refractivity contribution in [3.8, 4) is 23.0 Å². The van der Waals surface area contributed by atoms with Crippen molar-refractivity contribution in [2.45, 2.75) is 32.0 Å². The van der Waals surface area contributed by atoms with Crippen LogP contribution in [-0.4, -0.2) is 54.8 Å². The Bertz CT molecular complexity index is 1420. The fourth-order valence-electron chi connectivity index (χ4n) is 4.60. The lowest BCUT2D eigenvalue weighted by Crippen LogP contribution is -2.36. The van der Waals surface area contributed by atoms with Crippen LogP contribution in [0, 0.1) is 18.8 Å². The van der Waals surface area contributed by atoms with Crippen molar-refractivity contribution in [3.05, 3.63) is 71.2 Å². The monoisotopic (exact) mass is 535 g/mol. The fourth-order valence-corrected chi connectivity index (χ4v) is 4.60. The molecule has 2 saturated heterocycles. The zero-order chi connectivity index (χ0) is 27.4. The Labute approximate surface area is 224 Å². The lowest BCUT2D eigenvalue weighted by Gasteiger charge is -2.28. The van der Waals surface area contributed by atoms with Crippen LogP contribution in [0.1, 0.15) is 40.2 Å². The van der Waals surface area contributed by atoms with E-state index in [-0.39, 0.29) is 11.6 Å². The molecule has 1 aromatic carbocycles. The number of ether oxygens (including phenoxy) is 1. The van der Waals surface area contributed by atoms with Gasteiger partial charge in [0, 0.05) is 30.5 Å². The Morgan fingerprint density at radius 3 is 2.72 bits per heavy atom. The summed E-state index contributed by atoms with van der Waals surface area (Å²) >= 11 is 0. The number of benzene rings is 1. The second-order valence-corrected chi connectivity index (χ2v) is 9.53. The van der Waals surface area contributed by atoms with Crippen LogP contribution in [0.15, 0.2) is 48.7 Å². The third-order valence-corrected chi connectivity index (χ3v) is 6.70. The lowest BCUT2D eigenvalue weighted by atomic mass is 9.99. The molecule has 5 rings (SSSR count). The summed E-state index contributed by atoms with van der Waals surface area (Å²) in [6, 6.07) is 11.5. The van der Waals surface area contributed by atoms with E-state index in [2.05, 4.69) is 32.4 Å². The minimum Gasteiger partial charge on any atom is -0.378 e. The van der Waals surface area contributed by atoms with Crippen molar-refractivity contribution < 1.29 is 22.7 Å². The molecule has 0 unspecified atom stereocenters. The number of aromatic nitrogens is 2. The molecular weight excluding hydrogens is 507 g/mol. The number of morpholine rings is 1. The highest BCUT2D eigenvalue weighted by Gasteiger charge is 2.33. The number of carbonyl (C=O) groups is 1. The normalized spacial score (nSPS) is 17.4. The van der Waals surface area contributed by atoms with Crippen molar-refractivity contribution >= 4 is 17.4 Å². The van der Waals surface area contributed by atoms with E-state index in [9.17, 15) is 18.0 Å². The van der Waals surface area contributed by atoms with Gasteiger partial charge in [-0.25, -0.2) is 4.98 Å². The molecule has 4 heterocycles. The predicted octanol–water partition coefficient (Wildman–Crippen LogP) is 4.66. The molecule has 202 valence electrons. The lowest BCUT2D eigenvalue weighted by molar-refractivity contribution is -0.141. The van der Waals surface area contributed by atoms with Crippen LogP contribution in [0.4, 0.5) is 24.7 Å². The summed E-state index contributed by atoms with van der Waals surface area (Å²) in [6.45, 7) is 5.58. The summed E-state index contributed by atoms with van der Waals surface area (Å²) in [6.07, 6.45) is -1.56. The molecule has 0 aliphatic carbocycles. The van der Waals surface area contributed by atoms with Gasteiger partial charge in [-0.1, -0.05) is 12.0 Å². The number of halogens is 3. The molecule has 1 amide bonds. The van der Waals surface area contributed by atoms with Crippen molar-refractivity contribution in [1.29, 1.82) is 0 Å². The molecule has 0 spiro atoms. The molecule has 2 aliphatic heterocycles. The number of alkyl halides is 3. The third-order valence-electron chi connectivity index (χ3n) is 6.70. The van der Waals surface area contributed by atoms with Crippen LogP contribution in [0.3, 0.4) is 0 Å². The van der Waals surface area contributed by atoms with Gasteiger partial charge in [-0.3, -0.25) is 9.78 Å². The number of aryl methyl sites for hydroxylation is 1. The van der Waals surface area contributed by atoms with Gasteiger partial charge in [0.05, 0.1) is 19.3 Å². The second kappa shape index (κ2) is 11.4. The van der Waals surface area contributed by atoms with E-state index in [1.165, 1.54) is 6.07 Å². The van der Waals surface area contributed by atoms with E-state index < -0.39 is 17.8 Å².